The number of anilines is 1. The fraction of sp³-hybridized carbons (Fsp3) is 0.800. The summed E-state index contributed by atoms with van der Waals surface area (Å²) >= 11 is 1.82. The Balaban J connectivity index is 2.10. The molecule has 0 bridgehead atoms. The predicted octanol–water partition coefficient (Wildman–Crippen LogP) is 2.23. The molecule has 1 heterocycles. The molecule has 1 N–H and O–H groups in total. The number of ether oxygens (including phenoxy) is 2. The third-order valence-electron chi connectivity index (χ3n) is 3.62. The highest BCUT2D eigenvalue weighted by atomic mass is 32.1. The molecule has 0 radical (unpaired) electrons. The summed E-state index contributed by atoms with van der Waals surface area (Å²) in [5.74, 6) is 0.690. The first-order chi connectivity index (χ1) is 10.3. The number of hydrogen-bond donors (Lipinski definition) is 1. The van der Waals surface area contributed by atoms with E-state index < -0.39 is 0 Å². The fourth-order valence-corrected chi connectivity index (χ4v) is 3.40. The molecule has 1 aromatic heterocycles. The Bertz CT molecular complexity index is 413. The third-order valence-corrected chi connectivity index (χ3v) is 4.75. The summed E-state index contributed by atoms with van der Waals surface area (Å²) in [5.41, 5.74) is 1.32. The lowest BCUT2D eigenvalue weighted by Gasteiger charge is -2.20. The molecule has 120 valence electrons. The maximum absolute atomic E-state index is 5.22. The number of nitrogens with one attached hydrogen (secondary N) is 1. The van der Waals surface area contributed by atoms with Crippen LogP contribution in [0.3, 0.4) is 0 Å². The molecule has 0 aliphatic heterocycles. The first-order valence-electron chi connectivity index (χ1n) is 7.73. The molecular weight excluding hydrogens is 286 g/mol. The van der Waals surface area contributed by atoms with Gasteiger partial charge in [0.05, 0.1) is 18.9 Å². The van der Waals surface area contributed by atoms with Gasteiger partial charge in [0.15, 0.2) is 5.13 Å². The lowest BCUT2D eigenvalue weighted by Crippen LogP contribution is -2.30. The van der Waals surface area contributed by atoms with Gasteiger partial charge in [-0.25, -0.2) is 4.98 Å². The second-order valence-electron chi connectivity index (χ2n) is 5.33. The molecule has 5 nitrogen and oxygen atoms in total. The monoisotopic (exact) mass is 313 g/mol. The second kappa shape index (κ2) is 8.68. The Hall–Kier alpha value is -0.690. The highest BCUT2D eigenvalue weighted by molar-refractivity contribution is 7.15. The van der Waals surface area contributed by atoms with Gasteiger partial charge in [-0.15, -0.1) is 11.3 Å². The zero-order valence-electron chi connectivity index (χ0n) is 13.4. The number of hydrogen-bond acceptors (Lipinski definition) is 6. The van der Waals surface area contributed by atoms with Gasteiger partial charge in [0, 0.05) is 44.6 Å². The van der Waals surface area contributed by atoms with Gasteiger partial charge in [0.25, 0.3) is 0 Å². The molecule has 1 fully saturated rings. The van der Waals surface area contributed by atoms with Crippen LogP contribution in [0.5, 0.6) is 0 Å². The topological polar surface area (TPSA) is 46.6 Å². The van der Waals surface area contributed by atoms with Crippen LogP contribution in [0.15, 0.2) is 0 Å². The Labute approximate surface area is 131 Å². The van der Waals surface area contributed by atoms with Crippen LogP contribution in [0, 0.1) is 0 Å². The van der Waals surface area contributed by atoms with Crippen molar-refractivity contribution in [1.82, 2.24) is 10.3 Å². The largest absolute Gasteiger partial charge is 0.383 e. The third kappa shape index (κ3) is 4.92. The molecule has 2 rings (SSSR count). The molecule has 1 saturated carbocycles. The average molecular weight is 313 g/mol. The van der Waals surface area contributed by atoms with Crippen molar-refractivity contribution in [2.45, 2.75) is 32.2 Å². The van der Waals surface area contributed by atoms with Crippen LogP contribution < -0.4 is 10.2 Å². The van der Waals surface area contributed by atoms with Crippen molar-refractivity contribution in [1.29, 1.82) is 0 Å². The zero-order chi connectivity index (χ0) is 15.1. The van der Waals surface area contributed by atoms with Crippen molar-refractivity contribution >= 4 is 16.5 Å². The number of methoxy groups -OCH3 is 2. The van der Waals surface area contributed by atoms with E-state index in [1.165, 1.54) is 23.4 Å². The normalized spacial score (nSPS) is 14.6. The minimum atomic E-state index is 0.690. The van der Waals surface area contributed by atoms with Crippen molar-refractivity contribution in [2.75, 3.05) is 52.0 Å². The van der Waals surface area contributed by atoms with E-state index in [2.05, 4.69) is 17.1 Å². The molecule has 0 spiro atoms. The van der Waals surface area contributed by atoms with E-state index in [4.69, 9.17) is 14.5 Å². The van der Waals surface area contributed by atoms with Crippen LogP contribution in [0.4, 0.5) is 5.13 Å². The van der Waals surface area contributed by atoms with Crippen molar-refractivity contribution < 1.29 is 9.47 Å². The molecule has 1 aliphatic carbocycles. The number of aromatic nitrogens is 1. The van der Waals surface area contributed by atoms with Gasteiger partial charge in [-0.05, 0) is 19.4 Å². The second-order valence-corrected chi connectivity index (χ2v) is 6.39. The Morgan fingerprint density at radius 3 is 2.43 bits per heavy atom. The molecular formula is C15H27N3O2S. The molecule has 0 amide bonds. The molecule has 0 atom stereocenters. The Morgan fingerprint density at radius 1 is 1.24 bits per heavy atom. The first-order valence-corrected chi connectivity index (χ1v) is 8.54. The summed E-state index contributed by atoms with van der Waals surface area (Å²) in [5, 5.41) is 4.54. The zero-order valence-corrected chi connectivity index (χ0v) is 14.2. The highest BCUT2D eigenvalue weighted by Crippen LogP contribution is 2.44. The number of rotatable bonds is 11. The van der Waals surface area contributed by atoms with Crippen LogP contribution in [-0.4, -0.2) is 52.1 Å². The molecule has 1 aliphatic rings. The molecule has 6 heteroatoms. The van der Waals surface area contributed by atoms with E-state index >= 15 is 0 Å². The van der Waals surface area contributed by atoms with E-state index in [0.29, 0.717) is 19.1 Å². The van der Waals surface area contributed by atoms with Crippen molar-refractivity contribution in [2.24, 2.45) is 0 Å². The number of thiazole rings is 1. The van der Waals surface area contributed by atoms with Gasteiger partial charge in [-0.1, -0.05) is 6.92 Å². The standard InChI is InChI=1S/C15H27N3O2S/c1-4-16-11-13-14(12-5-6-12)17-15(21-13)18(7-9-19-2)8-10-20-3/h12,16H,4-11H2,1-3H3. The summed E-state index contributed by atoms with van der Waals surface area (Å²) in [4.78, 5) is 8.60. The van der Waals surface area contributed by atoms with E-state index in [-0.39, 0.29) is 0 Å². The summed E-state index contributed by atoms with van der Waals surface area (Å²) in [7, 11) is 3.48. The molecule has 0 unspecified atom stereocenters. The quantitative estimate of drug-likeness (QED) is 0.679. The summed E-state index contributed by atoms with van der Waals surface area (Å²) in [6.07, 6.45) is 2.58. The molecule has 21 heavy (non-hydrogen) atoms. The van der Waals surface area contributed by atoms with Crippen LogP contribution in [0.1, 0.15) is 36.3 Å². The highest BCUT2D eigenvalue weighted by Gasteiger charge is 2.30. The lowest BCUT2D eigenvalue weighted by molar-refractivity contribution is 0.190. The van der Waals surface area contributed by atoms with E-state index in [1.54, 1.807) is 14.2 Å². The lowest BCUT2D eigenvalue weighted by atomic mass is 10.2. The minimum absolute atomic E-state index is 0.690. The first kappa shape index (κ1) is 16.7. The summed E-state index contributed by atoms with van der Waals surface area (Å²) in [6.45, 7) is 7.21. The van der Waals surface area contributed by atoms with Crippen molar-refractivity contribution in [3.8, 4) is 0 Å². The maximum atomic E-state index is 5.22. The van der Waals surface area contributed by atoms with Crippen molar-refractivity contribution in [3.63, 3.8) is 0 Å². The molecule has 0 aromatic carbocycles. The van der Waals surface area contributed by atoms with Gasteiger partial charge in [0.2, 0.25) is 0 Å². The number of nitrogens with zero attached hydrogens (tertiary/aromatic N) is 2. The van der Waals surface area contributed by atoms with Crippen LogP contribution in [-0.2, 0) is 16.0 Å². The van der Waals surface area contributed by atoms with Gasteiger partial charge >= 0.3 is 0 Å². The van der Waals surface area contributed by atoms with E-state index in [0.717, 1.165) is 31.3 Å². The van der Waals surface area contributed by atoms with Gasteiger partial charge in [-0.2, -0.15) is 0 Å². The van der Waals surface area contributed by atoms with Crippen molar-refractivity contribution in [3.05, 3.63) is 10.6 Å². The van der Waals surface area contributed by atoms with E-state index in [9.17, 15) is 0 Å². The van der Waals surface area contributed by atoms with Gasteiger partial charge in [0.1, 0.15) is 0 Å². The minimum Gasteiger partial charge on any atom is -0.383 e. The van der Waals surface area contributed by atoms with Crippen LogP contribution >= 0.6 is 11.3 Å². The Morgan fingerprint density at radius 2 is 1.90 bits per heavy atom. The van der Waals surface area contributed by atoms with Gasteiger partial charge < -0.3 is 19.7 Å². The maximum Gasteiger partial charge on any atom is 0.185 e. The van der Waals surface area contributed by atoms with E-state index in [1.807, 2.05) is 11.3 Å². The average Bonchev–Trinajstić information content (AvgIpc) is 3.26. The van der Waals surface area contributed by atoms with Gasteiger partial charge in [-0.3, -0.25) is 0 Å². The molecule has 0 saturated heterocycles. The molecule has 1 aromatic rings. The van der Waals surface area contributed by atoms with Crippen LogP contribution in [0.25, 0.3) is 0 Å². The summed E-state index contributed by atoms with van der Waals surface area (Å²) in [6, 6.07) is 0. The fourth-order valence-electron chi connectivity index (χ4n) is 2.23. The predicted molar refractivity (Wildman–Crippen MR) is 87.4 cm³/mol. The Kier molecular flexibility index (Phi) is 6.89. The summed E-state index contributed by atoms with van der Waals surface area (Å²) < 4.78 is 10.4. The SMILES string of the molecule is CCNCc1sc(N(CCOC)CCOC)nc1C1CC1. The van der Waals surface area contributed by atoms with Crippen LogP contribution in [0.2, 0.25) is 0 Å². The smallest absolute Gasteiger partial charge is 0.185 e.